The number of hydrogen-bond donors (Lipinski definition) is 2. The van der Waals surface area contributed by atoms with Crippen LogP contribution in [0.4, 0.5) is 0 Å². The van der Waals surface area contributed by atoms with Crippen LogP contribution in [-0.2, 0) is 32.7 Å². The molecule has 83 heavy (non-hydrogen) atoms. The van der Waals surface area contributed by atoms with Gasteiger partial charge in [0, 0.05) is 19.4 Å². The van der Waals surface area contributed by atoms with Gasteiger partial charge in [0.2, 0.25) is 0 Å². The molecule has 0 saturated heterocycles. The van der Waals surface area contributed by atoms with Gasteiger partial charge in [0.15, 0.2) is 6.10 Å². The monoisotopic (exact) mass is 1180 g/mol. The quantitative estimate of drug-likeness (QED) is 0.0264. The topological polar surface area (TPSA) is 134 Å². The van der Waals surface area contributed by atoms with Gasteiger partial charge < -0.3 is 20.1 Å². The molecule has 0 fully saturated rings. The molecule has 0 radical (unpaired) electrons. The number of carbonyl (C=O) groups excluding carboxylic acids is 2. The van der Waals surface area contributed by atoms with Crippen molar-refractivity contribution in [1.82, 2.24) is 0 Å². The van der Waals surface area contributed by atoms with E-state index >= 15 is 0 Å². The molecule has 0 spiro atoms. The van der Waals surface area contributed by atoms with E-state index in [0.717, 1.165) is 83.5 Å². The van der Waals surface area contributed by atoms with E-state index in [-0.39, 0.29) is 38.6 Å². The molecular weight excluding hydrogens is 1050 g/mol. The normalized spacial score (nSPS) is 13.5. The van der Waals surface area contributed by atoms with Crippen LogP contribution in [0.3, 0.4) is 0 Å². The second-order valence-electron chi connectivity index (χ2n) is 23.0. The number of rotatable bonds is 65. The molecule has 9 nitrogen and oxygen atoms in total. The highest BCUT2D eigenvalue weighted by Gasteiger charge is 2.26. The van der Waals surface area contributed by atoms with Gasteiger partial charge in [-0.25, -0.2) is 4.57 Å². The molecule has 0 aliphatic carbocycles. The lowest BCUT2D eigenvalue weighted by Crippen LogP contribution is -2.29. The summed E-state index contributed by atoms with van der Waals surface area (Å²) in [4.78, 5) is 35.4. The zero-order valence-electron chi connectivity index (χ0n) is 53.9. The summed E-state index contributed by atoms with van der Waals surface area (Å²) in [5.41, 5.74) is 5.40. The summed E-state index contributed by atoms with van der Waals surface area (Å²) in [6.45, 7) is 3.65. The number of esters is 2. The van der Waals surface area contributed by atoms with Crippen LogP contribution in [0.25, 0.3) is 0 Å². The highest BCUT2D eigenvalue weighted by molar-refractivity contribution is 7.47. The van der Waals surface area contributed by atoms with Crippen LogP contribution in [0.5, 0.6) is 0 Å². The first-order valence-corrected chi connectivity index (χ1v) is 36.2. The third kappa shape index (κ3) is 67.9. The lowest BCUT2D eigenvalue weighted by atomic mass is 10.0. The highest BCUT2D eigenvalue weighted by Crippen LogP contribution is 2.43. The molecule has 0 aliphatic rings. The van der Waals surface area contributed by atoms with Crippen LogP contribution in [0.15, 0.2) is 97.2 Å². The van der Waals surface area contributed by atoms with E-state index in [1.165, 1.54) is 205 Å². The summed E-state index contributed by atoms with van der Waals surface area (Å²) in [7, 11) is -4.40. The molecule has 0 aromatic rings. The minimum absolute atomic E-state index is 0.0510. The Morgan fingerprint density at radius 3 is 0.988 bits per heavy atom. The first kappa shape index (κ1) is 79.9. The summed E-state index contributed by atoms with van der Waals surface area (Å²) >= 11 is 0. The number of ether oxygens (including phenoxy) is 2. The maximum atomic E-state index is 12.8. The SMILES string of the molecule is CC/C=C\C/C=C\C/C=C\C/C=C\C/C=C\CCCCCCCCCCCCCCCC(=O)OC(COC(=O)CCCCCCCCCCCCCCCCCCCC/C=C\C/C=C\C/C=C\CCCCCCC)COP(=O)(O)OCCN. The summed E-state index contributed by atoms with van der Waals surface area (Å²) in [5, 5.41) is 0. The molecule has 10 heteroatoms. The lowest BCUT2D eigenvalue weighted by molar-refractivity contribution is -0.161. The Hall–Kier alpha value is -3.07. The Morgan fingerprint density at radius 2 is 0.663 bits per heavy atom. The number of carbonyl (C=O) groups is 2. The van der Waals surface area contributed by atoms with Crippen molar-refractivity contribution in [2.24, 2.45) is 5.73 Å². The predicted molar refractivity (Wildman–Crippen MR) is 358 cm³/mol. The number of unbranched alkanes of at least 4 members (excludes halogenated alkanes) is 36. The Bertz CT molecular complexity index is 1680. The van der Waals surface area contributed by atoms with Crippen molar-refractivity contribution in [3.63, 3.8) is 0 Å². The summed E-state index contributed by atoms with van der Waals surface area (Å²) in [6.07, 6.45) is 92.1. The summed E-state index contributed by atoms with van der Waals surface area (Å²) in [5.74, 6) is -0.820. The van der Waals surface area contributed by atoms with E-state index < -0.39 is 26.5 Å². The first-order valence-electron chi connectivity index (χ1n) is 34.7. The van der Waals surface area contributed by atoms with Crippen LogP contribution in [-0.4, -0.2) is 49.3 Å². The Balaban J connectivity index is 3.87. The summed E-state index contributed by atoms with van der Waals surface area (Å²) in [6, 6.07) is 0. The van der Waals surface area contributed by atoms with E-state index in [1.807, 2.05) is 0 Å². The van der Waals surface area contributed by atoms with Crippen LogP contribution in [0.1, 0.15) is 322 Å². The third-order valence-corrected chi connectivity index (χ3v) is 15.9. The van der Waals surface area contributed by atoms with Crippen molar-refractivity contribution in [3.8, 4) is 0 Å². The largest absolute Gasteiger partial charge is 0.472 e. The van der Waals surface area contributed by atoms with E-state index in [9.17, 15) is 19.0 Å². The van der Waals surface area contributed by atoms with Crippen molar-refractivity contribution >= 4 is 19.8 Å². The molecule has 0 rings (SSSR count). The number of phosphoric acid groups is 1. The molecule has 0 bridgehead atoms. The van der Waals surface area contributed by atoms with Gasteiger partial charge >= 0.3 is 19.8 Å². The van der Waals surface area contributed by atoms with Gasteiger partial charge in [-0.1, -0.05) is 310 Å². The fraction of sp³-hybridized carbons (Fsp3) is 0.753. The highest BCUT2D eigenvalue weighted by atomic mass is 31.2. The average Bonchev–Trinajstić information content (AvgIpc) is 3.49. The first-order chi connectivity index (χ1) is 40.8. The van der Waals surface area contributed by atoms with Crippen LogP contribution in [0.2, 0.25) is 0 Å². The van der Waals surface area contributed by atoms with Crippen molar-refractivity contribution < 1.29 is 37.6 Å². The maximum absolute atomic E-state index is 12.8. The maximum Gasteiger partial charge on any atom is 0.472 e. The lowest BCUT2D eigenvalue weighted by Gasteiger charge is -2.19. The van der Waals surface area contributed by atoms with E-state index in [0.29, 0.717) is 6.42 Å². The Morgan fingerprint density at radius 1 is 0.373 bits per heavy atom. The molecule has 2 unspecified atom stereocenters. The van der Waals surface area contributed by atoms with Gasteiger partial charge in [-0.3, -0.25) is 18.6 Å². The van der Waals surface area contributed by atoms with Crippen LogP contribution in [0, 0.1) is 0 Å². The zero-order valence-corrected chi connectivity index (χ0v) is 54.8. The predicted octanol–water partition coefficient (Wildman–Crippen LogP) is 22.7. The van der Waals surface area contributed by atoms with Gasteiger partial charge in [-0.05, 0) is 96.3 Å². The van der Waals surface area contributed by atoms with E-state index in [4.69, 9.17) is 24.3 Å². The molecule has 3 N–H and O–H groups in total. The van der Waals surface area contributed by atoms with Gasteiger partial charge in [-0.15, -0.1) is 0 Å². The second kappa shape index (κ2) is 68.0. The molecule has 0 aromatic carbocycles. The van der Waals surface area contributed by atoms with Crippen molar-refractivity contribution in [1.29, 1.82) is 0 Å². The standard InChI is InChI=1S/C73H130NO8P/c1-3-5-7-9-11-13-15-17-19-21-23-25-27-29-31-33-34-35-36-38-39-41-43-45-47-49-51-53-55-57-59-61-63-65-72(75)79-69-71(70-81-83(77,78)80-68-67-74)82-73(76)66-64-62-60-58-56-54-52-50-48-46-44-42-40-37-32-30-28-26-24-22-20-18-16-14-12-10-8-6-4-2/h6,8,12,14-15,17-18,20-21,23-24,26-27,29-30,32,71H,3-5,7,9-11,13,16,19,22,25,28,31,33-70,74H2,1-2H3,(H,77,78)/b8-6-,14-12-,17-15-,20-18-,23-21-,26-24-,29-27-,32-30-. The van der Waals surface area contributed by atoms with Gasteiger partial charge in [0.05, 0.1) is 13.2 Å². The smallest absolute Gasteiger partial charge is 0.462 e. The Labute approximate surface area is 512 Å². The molecule has 0 amide bonds. The van der Waals surface area contributed by atoms with Gasteiger partial charge in [0.25, 0.3) is 0 Å². The van der Waals surface area contributed by atoms with Crippen LogP contribution >= 0.6 is 7.82 Å². The van der Waals surface area contributed by atoms with Gasteiger partial charge in [-0.2, -0.15) is 0 Å². The van der Waals surface area contributed by atoms with E-state index in [1.54, 1.807) is 0 Å². The fourth-order valence-electron chi connectivity index (χ4n) is 9.85. The van der Waals surface area contributed by atoms with Gasteiger partial charge in [0.1, 0.15) is 6.61 Å². The number of allylic oxidation sites excluding steroid dienone is 16. The molecule has 0 aliphatic heterocycles. The van der Waals surface area contributed by atoms with Crippen molar-refractivity contribution in [3.05, 3.63) is 97.2 Å². The third-order valence-electron chi connectivity index (χ3n) is 15.0. The fourth-order valence-corrected chi connectivity index (χ4v) is 10.6. The molecule has 0 aromatic heterocycles. The van der Waals surface area contributed by atoms with Crippen LogP contribution < -0.4 is 5.73 Å². The molecular formula is C73H130NO8P. The number of nitrogens with two attached hydrogens (primary N) is 1. The van der Waals surface area contributed by atoms with E-state index in [2.05, 4.69) is 111 Å². The minimum atomic E-state index is -4.40. The minimum Gasteiger partial charge on any atom is -0.462 e. The summed E-state index contributed by atoms with van der Waals surface area (Å²) < 4.78 is 33.2. The second-order valence-corrected chi connectivity index (χ2v) is 24.5. The molecule has 2 atom stereocenters. The molecule has 480 valence electrons. The zero-order chi connectivity index (χ0) is 60.1. The number of phosphoric ester groups is 1. The Kier molecular flexibility index (Phi) is 65.5. The molecule has 0 heterocycles. The molecule has 0 saturated carbocycles. The van der Waals surface area contributed by atoms with Crippen molar-refractivity contribution in [2.75, 3.05) is 26.4 Å². The average molecular weight is 1180 g/mol. The van der Waals surface area contributed by atoms with Crippen molar-refractivity contribution in [2.45, 2.75) is 328 Å². The number of hydrogen-bond acceptors (Lipinski definition) is 8.